The van der Waals surface area contributed by atoms with E-state index in [0.717, 1.165) is 28.7 Å². The molecule has 0 fully saturated rings. The lowest BCUT2D eigenvalue weighted by molar-refractivity contribution is -0.129. The van der Waals surface area contributed by atoms with Crippen LogP contribution in [-0.4, -0.2) is 24.4 Å². The van der Waals surface area contributed by atoms with Crippen LogP contribution in [0.4, 0.5) is 0 Å². The fraction of sp³-hybridized carbons (Fsp3) is 0.130. The van der Waals surface area contributed by atoms with Crippen LogP contribution < -0.4 is 4.74 Å². The fourth-order valence-corrected chi connectivity index (χ4v) is 3.12. The van der Waals surface area contributed by atoms with E-state index in [1.165, 1.54) is 0 Å². The summed E-state index contributed by atoms with van der Waals surface area (Å²) in [5.74, 6) is -0.405. The molecular formula is C23H21NO4. The molecule has 142 valence electrons. The number of hydrogen-bond donors (Lipinski definition) is 1. The van der Waals surface area contributed by atoms with Crippen LogP contribution in [0.15, 0.2) is 90.1 Å². The van der Waals surface area contributed by atoms with Gasteiger partial charge in [-0.2, -0.15) is 0 Å². The smallest absolute Gasteiger partial charge is 0.350 e. The molecule has 1 N–H and O–H groups in total. The van der Waals surface area contributed by atoms with Crippen molar-refractivity contribution in [3.8, 4) is 5.75 Å². The summed E-state index contributed by atoms with van der Waals surface area (Å²) in [6, 6.07) is 27.0. The topological polar surface area (TPSA) is 68.1 Å². The van der Waals surface area contributed by atoms with Crippen LogP contribution in [0.3, 0.4) is 0 Å². The molecule has 3 aromatic carbocycles. The molecule has 0 aliphatic heterocycles. The standard InChI is InChI=1S/C23H21NO4/c1-27-21-14-12-18(13-15-21)16-23(28-24-17-22(25)26,19-8-4-2-5-9-19)20-10-6-3-7-11-20/h2-15,17H,16H2,1H3,(H,25,26). The lowest BCUT2D eigenvalue weighted by atomic mass is 9.81. The van der Waals surface area contributed by atoms with Crippen molar-refractivity contribution in [2.45, 2.75) is 12.0 Å². The van der Waals surface area contributed by atoms with Gasteiger partial charge in [0, 0.05) is 17.5 Å². The average molecular weight is 375 g/mol. The predicted octanol–water partition coefficient (Wildman–Crippen LogP) is 4.27. The van der Waals surface area contributed by atoms with E-state index >= 15 is 0 Å². The van der Waals surface area contributed by atoms with Crippen molar-refractivity contribution in [2.75, 3.05) is 7.11 Å². The number of methoxy groups -OCH3 is 1. The molecule has 0 spiro atoms. The summed E-state index contributed by atoms with van der Waals surface area (Å²) in [4.78, 5) is 16.9. The lowest BCUT2D eigenvalue weighted by Crippen LogP contribution is -2.32. The summed E-state index contributed by atoms with van der Waals surface area (Å²) in [5, 5.41) is 12.7. The van der Waals surface area contributed by atoms with Gasteiger partial charge in [0.2, 0.25) is 0 Å². The van der Waals surface area contributed by atoms with Crippen LogP contribution >= 0.6 is 0 Å². The van der Waals surface area contributed by atoms with Gasteiger partial charge in [-0.25, -0.2) is 4.79 Å². The highest BCUT2D eigenvalue weighted by molar-refractivity contribution is 6.21. The average Bonchev–Trinajstić information content (AvgIpc) is 2.74. The number of benzene rings is 3. The highest BCUT2D eigenvalue weighted by Crippen LogP contribution is 2.37. The summed E-state index contributed by atoms with van der Waals surface area (Å²) in [5.41, 5.74) is 1.77. The molecule has 0 radical (unpaired) electrons. The molecule has 28 heavy (non-hydrogen) atoms. The first-order chi connectivity index (χ1) is 13.6. The molecule has 0 aliphatic carbocycles. The first kappa shape index (κ1) is 19.2. The maximum absolute atomic E-state index is 10.9. The Hall–Kier alpha value is -3.60. The monoisotopic (exact) mass is 375 g/mol. The number of rotatable bonds is 8. The van der Waals surface area contributed by atoms with Gasteiger partial charge in [-0.05, 0) is 17.7 Å². The van der Waals surface area contributed by atoms with Crippen LogP contribution in [0, 0.1) is 0 Å². The number of nitrogens with zero attached hydrogens (tertiary/aromatic N) is 1. The van der Waals surface area contributed by atoms with E-state index in [2.05, 4.69) is 5.16 Å². The van der Waals surface area contributed by atoms with Crippen LogP contribution in [0.5, 0.6) is 5.75 Å². The van der Waals surface area contributed by atoms with Crippen LogP contribution in [0.1, 0.15) is 16.7 Å². The van der Waals surface area contributed by atoms with E-state index in [0.29, 0.717) is 6.42 Å². The summed E-state index contributed by atoms with van der Waals surface area (Å²) in [7, 11) is 1.62. The van der Waals surface area contributed by atoms with E-state index in [1.54, 1.807) is 7.11 Å². The van der Waals surface area contributed by atoms with Crippen molar-refractivity contribution in [2.24, 2.45) is 5.16 Å². The van der Waals surface area contributed by atoms with E-state index in [9.17, 15) is 4.79 Å². The van der Waals surface area contributed by atoms with Crippen molar-refractivity contribution >= 4 is 12.2 Å². The number of carbonyl (C=O) groups is 1. The van der Waals surface area contributed by atoms with Crippen LogP contribution in [0.2, 0.25) is 0 Å². The molecule has 0 amide bonds. The van der Waals surface area contributed by atoms with Gasteiger partial charge in [-0.3, -0.25) is 0 Å². The summed E-state index contributed by atoms with van der Waals surface area (Å²) >= 11 is 0. The Morgan fingerprint density at radius 2 is 1.46 bits per heavy atom. The minimum Gasteiger partial charge on any atom is -0.497 e. The predicted molar refractivity (Wildman–Crippen MR) is 108 cm³/mol. The zero-order valence-corrected chi connectivity index (χ0v) is 15.5. The van der Waals surface area contributed by atoms with Gasteiger partial charge >= 0.3 is 5.97 Å². The van der Waals surface area contributed by atoms with Gasteiger partial charge in [-0.1, -0.05) is 78.0 Å². The van der Waals surface area contributed by atoms with Crippen molar-refractivity contribution in [1.82, 2.24) is 0 Å². The zero-order valence-electron chi connectivity index (χ0n) is 15.5. The minimum atomic E-state index is -1.17. The van der Waals surface area contributed by atoms with Gasteiger partial charge in [0.15, 0.2) is 11.8 Å². The zero-order chi connectivity index (χ0) is 19.8. The molecule has 0 heterocycles. The normalized spacial score (nSPS) is 11.3. The fourth-order valence-electron chi connectivity index (χ4n) is 3.12. The Labute approximate surface area is 163 Å². The highest BCUT2D eigenvalue weighted by atomic mass is 16.6. The van der Waals surface area contributed by atoms with E-state index in [-0.39, 0.29) is 0 Å². The summed E-state index contributed by atoms with van der Waals surface area (Å²) < 4.78 is 5.24. The Bertz CT molecular complexity index is 882. The van der Waals surface area contributed by atoms with Crippen molar-refractivity contribution in [3.63, 3.8) is 0 Å². The summed E-state index contributed by atoms with van der Waals surface area (Å²) in [6.45, 7) is 0. The van der Waals surface area contributed by atoms with Gasteiger partial charge in [0.1, 0.15) is 5.75 Å². The lowest BCUT2D eigenvalue weighted by Gasteiger charge is -2.32. The van der Waals surface area contributed by atoms with E-state index in [4.69, 9.17) is 14.7 Å². The van der Waals surface area contributed by atoms with Crippen LogP contribution in [0.25, 0.3) is 0 Å². The Morgan fingerprint density at radius 1 is 0.929 bits per heavy atom. The Balaban J connectivity index is 2.12. The molecule has 0 bridgehead atoms. The number of carboxylic acid groups (broad SMARTS) is 1. The van der Waals surface area contributed by atoms with E-state index < -0.39 is 11.6 Å². The third kappa shape index (κ3) is 4.38. The molecule has 0 saturated carbocycles. The third-order valence-electron chi connectivity index (χ3n) is 4.46. The second kappa shape index (κ2) is 8.86. The SMILES string of the molecule is COc1ccc(CC(ON=CC(=O)O)(c2ccccc2)c2ccccc2)cc1. The second-order valence-corrected chi connectivity index (χ2v) is 6.25. The molecule has 0 saturated heterocycles. The number of oxime groups is 1. The van der Waals surface area contributed by atoms with Gasteiger partial charge < -0.3 is 14.7 Å². The van der Waals surface area contributed by atoms with Gasteiger partial charge in [0.05, 0.1) is 7.11 Å². The van der Waals surface area contributed by atoms with Crippen LogP contribution in [-0.2, 0) is 21.7 Å². The molecule has 0 aromatic heterocycles. The molecule has 3 aromatic rings. The Kier molecular flexibility index (Phi) is 6.07. The highest BCUT2D eigenvalue weighted by Gasteiger charge is 2.37. The minimum absolute atomic E-state index is 0.460. The maximum atomic E-state index is 10.9. The van der Waals surface area contributed by atoms with Crippen molar-refractivity contribution < 1.29 is 19.5 Å². The number of ether oxygens (including phenoxy) is 1. The molecule has 0 unspecified atom stereocenters. The first-order valence-electron chi connectivity index (χ1n) is 8.82. The Morgan fingerprint density at radius 3 is 1.93 bits per heavy atom. The second-order valence-electron chi connectivity index (χ2n) is 6.25. The maximum Gasteiger partial charge on any atom is 0.350 e. The molecule has 3 rings (SSSR count). The third-order valence-corrected chi connectivity index (χ3v) is 4.46. The summed E-state index contributed by atoms with van der Waals surface area (Å²) in [6.07, 6.45) is 1.22. The van der Waals surface area contributed by atoms with Gasteiger partial charge in [-0.15, -0.1) is 0 Å². The number of carboxylic acids is 1. The molecular weight excluding hydrogens is 354 g/mol. The molecule has 5 heteroatoms. The quantitative estimate of drug-likeness (QED) is 0.472. The first-order valence-corrected chi connectivity index (χ1v) is 8.82. The molecule has 0 aliphatic rings. The molecule has 5 nitrogen and oxygen atoms in total. The number of hydrogen-bond acceptors (Lipinski definition) is 4. The van der Waals surface area contributed by atoms with Crippen molar-refractivity contribution in [1.29, 1.82) is 0 Å². The number of aliphatic carboxylic acids is 1. The van der Waals surface area contributed by atoms with E-state index in [1.807, 2.05) is 84.9 Å². The van der Waals surface area contributed by atoms with Crippen molar-refractivity contribution in [3.05, 3.63) is 102 Å². The largest absolute Gasteiger partial charge is 0.497 e. The molecule has 0 atom stereocenters. The van der Waals surface area contributed by atoms with Gasteiger partial charge in [0.25, 0.3) is 0 Å².